The Morgan fingerprint density at radius 2 is 2.12 bits per heavy atom. The molecule has 1 aliphatic heterocycles. The van der Waals surface area contributed by atoms with Gasteiger partial charge in [-0.1, -0.05) is 12.1 Å². The first-order valence-electron chi connectivity index (χ1n) is 6.01. The van der Waals surface area contributed by atoms with Crippen molar-refractivity contribution in [3.63, 3.8) is 0 Å². The smallest absolute Gasteiger partial charge is 0.231 e. The molecule has 0 aromatic heterocycles. The quantitative estimate of drug-likeness (QED) is 0.779. The monoisotopic (exact) mass is 231 g/mol. The van der Waals surface area contributed by atoms with Gasteiger partial charge in [0.25, 0.3) is 0 Å². The Labute approximate surface area is 102 Å². The van der Waals surface area contributed by atoms with Crippen LogP contribution in [0.4, 0.5) is 0 Å². The number of ether oxygens (including phenoxy) is 2. The highest BCUT2D eigenvalue weighted by Crippen LogP contribution is 2.46. The van der Waals surface area contributed by atoms with Gasteiger partial charge in [-0.05, 0) is 44.1 Å². The second-order valence-corrected chi connectivity index (χ2v) is 4.83. The summed E-state index contributed by atoms with van der Waals surface area (Å²) in [5, 5.41) is 0. The molecule has 0 saturated carbocycles. The number of fused-ring (bicyclic) bond motifs is 3. The van der Waals surface area contributed by atoms with Crippen LogP contribution in [0.1, 0.15) is 17.5 Å². The second-order valence-electron chi connectivity index (χ2n) is 4.83. The fourth-order valence-electron chi connectivity index (χ4n) is 2.46. The van der Waals surface area contributed by atoms with Gasteiger partial charge in [0.05, 0.1) is 0 Å². The molecule has 17 heavy (non-hydrogen) atoms. The SMILES string of the molecule is CN(C)C/C=C1\CCc2ccc3c(c21)OCO3. The maximum Gasteiger partial charge on any atom is 0.231 e. The van der Waals surface area contributed by atoms with Crippen LogP contribution in [0, 0.1) is 0 Å². The predicted molar refractivity (Wildman–Crippen MR) is 67.4 cm³/mol. The molecule has 0 N–H and O–H groups in total. The summed E-state index contributed by atoms with van der Waals surface area (Å²) < 4.78 is 11.0. The van der Waals surface area contributed by atoms with E-state index in [9.17, 15) is 0 Å². The third-order valence-electron chi connectivity index (χ3n) is 3.31. The van der Waals surface area contributed by atoms with Gasteiger partial charge in [0, 0.05) is 12.1 Å². The molecule has 3 nitrogen and oxygen atoms in total. The minimum atomic E-state index is 0.354. The normalized spacial score (nSPS) is 19.1. The van der Waals surface area contributed by atoms with Gasteiger partial charge >= 0.3 is 0 Å². The lowest BCUT2D eigenvalue weighted by Gasteiger charge is -2.09. The summed E-state index contributed by atoms with van der Waals surface area (Å²) in [5.41, 5.74) is 4.07. The Kier molecular flexibility index (Phi) is 2.56. The zero-order chi connectivity index (χ0) is 11.8. The zero-order valence-corrected chi connectivity index (χ0v) is 10.3. The highest BCUT2D eigenvalue weighted by molar-refractivity contribution is 5.79. The Morgan fingerprint density at radius 3 is 2.94 bits per heavy atom. The van der Waals surface area contributed by atoms with Crippen LogP contribution in [0.5, 0.6) is 11.5 Å². The third-order valence-corrected chi connectivity index (χ3v) is 3.31. The lowest BCUT2D eigenvalue weighted by atomic mass is 10.1. The topological polar surface area (TPSA) is 21.7 Å². The van der Waals surface area contributed by atoms with Crippen molar-refractivity contribution in [3.05, 3.63) is 29.3 Å². The Hall–Kier alpha value is -1.48. The molecule has 1 aromatic rings. The molecular weight excluding hydrogens is 214 g/mol. The molecule has 0 amide bonds. The summed E-state index contributed by atoms with van der Waals surface area (Å²) in [6.07, 6.45) is 4.53. The molecule has 0 fully saturated rings. The number of rotatable bonds is 2. The minimum Gasteiger partial charge on any atom is -0.454 e. The van der Waals surface area contributed by atoms with Crippen LogP contribution >= 0.6 is 0 Å². The van der Waals surface area contributed by atoms with Crippen molar-refractivity contribution in [1.29, 1.82) is 0 Å². The van der Waals surface area contributed by atoms with Crippen molar-refractivity contribution in [2.45, 2.75) is 12.8 Å². The van der Waals surface area contributed by atoms with Crippen LogP contribution in [0.25, 0.3) is 5.57 Å². The van der Waals surface area contributed by atoms with Crippen LogP contribution in [0.3, 0.4) is 0 Å². The second kappa shape index (κ2) is 4.08. The van der Waals surface area contributed by atoms with E-state index in [1.54, 1.807) is 0 Å². The summed E-state index contributed by atoms with van der Waals surface area (Å²) in [7, 11) is 4.17. The first-order chi connectivity index (χ1) is 8.25. The van der Waals surface area contributed by atoms with Crippen LogP contribution < -0.4 is 9.47 Å². The van der Waals surface area contributed by atoms with Crippen molar-refractivity contribution in [3.8, 4) is 11.5 Å². The van der Waals surface area contributed by atoms with E-state index in [1.807, 2.05) is 6.07 Å². The Morgan fingerprint density at radius 1 is 1.24 bits per heavy atom. The van der Waals surface area contributed by atoms with E-state index < -0.39 is 0 Å². The number of allylic oxidation sites excluding steroid dienone is 1. The summed E-state index contributed by atoms with van der Waals surface area (Å²) in [6.45, 7) is 1.33. The number of hydrogen-bond donors (Lipinski definition) is 0. The molecule has 0 atom stereocenters. The van der Waals surface area contributed by atoms with Crippen molar-refractivity contribution >= 4 is 5.57 Å². The molecule has 0 spiro atoms. The molecule has 90 valence electrons. The van der Waals surface area contributed by atoms with Crippen molar-refractivity contribution in [1.82, 2.24) is 4.90 Å². The molecule has 0 bridgehead atoms. The van der Waals surface area contributed by atoms with Gasteiger partial charge < -0.3 is 14.4 Å². The minimum absolute atomic E-state index is 0.354. The number of hydrogen-bond acceptors (Lipinski definition) is 3. The number of nitrogens with zero attached hydrogens (tertiary/aromatic N) is 1. The summed E-state index contributed by atoms with van der Waals surface area (Å²) >= 11 is 0. The maximum absolute atomic E-state index is 5.60. The van der Waals surface area contributed by atoms with E-state index in [2.05, 4.69) is 31.1 Å². The fraction of sp³-hybridized carbons (Fsp3) is 0.429. The number of benzene rings is 1. The lowest BCUT2D eigenvalue weighted by molar-refractivity contribution is 0.173. The van der Waals surface area contributed by atoms with Crippen LogP contribution in [-0.4, -0.2) is 32.3 Å². The first-order valence-corrected chi connectivity index (χ1v) is 6.01. The van der Waals surface area contributed by atoms with E-state index in [0.29, 0.717) is 6.79 Å². The average molecular weight is 231 g/mol. The third kappa shape index (κ3) is 1.80. The molecular formula is C14H17NO2. The van der Waals surface area contributed by atoms with Crippen LogP contribution in [0.15, 0.2) is 18.2 Å². The van der Waals surface area contributed by atoms with Gasteiger partial charge in [-0.25, -0.2) is 0 Å². The molecule has 3 heteroatoms. The van der Waals surface area contributed by atoms with Crippen LogP contribution in [-0.2, 0) is 6.42 Å². The standard InChI is InChI=1S/C14H17NO2/c1-15(2)8-7-11-4-3-10-5-6-12-14(13(10)11)17-9-16-12/h5-7H,3-4,8-9H2,1-2H3/b11-7+. The van der Waals surface area contributed by atoms with Gasteiger partial charge in [-0.3, -0.25) is 0 Å². The molecule has 1 aromatic carbocycles. The lowest BCUT2D eigenvalue weighted by Crippen LogP contribution is -2.10. The van der Waals surface area contributed by atoms with Crippen molar-refractivity contribution < 1.29 is 9.47 Å². The van der Waals surface area contributed by atoms with E-state index in [1.165, 1.54) is 16.7 Å². The van der Waals surface area contributed by atoms with E-state index in [4.69, 9.17) is 9.47 Å². The maximum atomic E-state index is 5.60. The van der Waals surface area contributed by atoms with Crippen molar-refractivity contribution in [2.75, 3.05) is 27.4 Å². The van der Waals surface area contributed by atoms with Gasteiger partial charge in [0.15, 0.2) is 11.5 Å². The average Bonchev–Trinajstić information content (AvgIpc) is 2.91. The largest absolute Gasteiger partial charge is 0.454 e. The molecule has 1 aliphatic carbocycles. The van der Waals surface area contributed by atoms with E-state index >= 15 is 0 Å². The molecule has 2 aliphatic rings. The molecule has 0 radical (unpaired) electrons. The zero-order valence-electron chi connectivity index (χ0n) is 10.3. The van der Waals surface area contributed by atoms with Gasteiger partial charge in [0.1, 0.15) is 0 Å². The molecule has 0 saturated heterocycles. The van der Waals surface area contributed by atoms with Gasteiger partial charge in [0.2, 0.25) is 6.79 Å². The predicted octanol–water partition coefficient (Wildman–Crippen LogP) is 2.31. The van der Waals surface area contributed by atoms with Gasteiger partial charge in [-0.15, -0.1) is 0 Å². The van der Waals surface area contributed by atoms with Crippen molar-refractivity contribution in [2.24, 2.45) is 0 Å². The highest BCUT2D eigenvalue weighted by Gasteiger charge is 2.26. The highest BCUT2D eigenvalue weighted by atomic mass is 16.7. The Bertz CT molecular complexity index is 477. The first kappa shape index (κ1) is 10.7. The van der Waals surface area contributed by atoms with E-state index in [0.717, 1.165) is 30.9 Å². The molecule has 1 heterocycles. The summed E-state index contributed by atoms with van der Waals surface area (Å²) in [6, 6.07) is 4.19. The number of likely N-dealkylation sites (N-methyl/N-ethyl adjacent to an activating group) is 1. The molecule has 0 unspecified atom stereocenters. The van der Waals surface area contributed by atoms with Gasteiger partial charge in [-0.2, -0.15) is 0 Å². The van der Waals surface area contributed by atoms with Crippen LogP contribution in [0.2, 0.25) is 0 Å². The fourth-order valence-corrected chi connectivity index (χ4v) is 2.46. The van der Waals surface area contributed by atoms with E-state index in [-0.39, 0.29) is 0 Å². The molecule has 3 rings (SSSR count). The summed E-state index contributed by atoms with van der Waals surface area (Å²) in [4.78, 5) is 2.17. The Balaban J connectivity index is 2.01. The summed E-state index contributed by atoms with van der Waals surface area (Å²) in [5.74, 6) is 1.84. The number of aryl methyl sites for hydroxylation is 1.